The van der Waals surface area contributed by atoms with Gasteiger partial charge >= 0.3 is 0 Å². The maximum Gasteiger partial charge on any atom is 0.279 e. The molecule has 26 heavy (non-hydrogen) atoms. The fourth-order valence-electron chi connectivity index (χ4n) is 3.91. The first-order valence-corrected chi connectivity index (χ1v) is 9.50. The van der Waals surface area contributed by atoms with E-state index < -0.39 is 0 Å². The molecule has 1 fully saturated rings. The summed E-state index contributed by atoms with van der Waals surface area (Å²) in [6, 6.07) is 14.6. The van der Waals surface area contributed by atoms with Crippen LogP contribution in [0.2, 0.25) is 0 Å². The number of quaternary nitrogens is 1. The Bertz CT molecular complexity index is 926. The Morgan fingerprint density at radius 3 is 2.88 bits per heavy atom. The molecule has 1 aliphatic heterocycles. The zero-order valence-electron chi connectivity index (χ0n) is 15.2. The number of hydrogen-bond acceptors (Lipinski definition) is 2. The van der Waals surface area contributed by atoms with Gasteiger partial charge in [-0.05, 0) is 44.0 Å². The summed E-state index contributed by atoms with van der Waals surface area (Å²) in [5, 5.41) is 7.48. The number of ether oxygens (including phenoxy) is 1. The van der Waals surface area contributed by atoms with Crippen LogP contribution in [0.15, 0.2) is 42.5 Å². The van der Waals surface area contributed by atoms with E-state index >= 15 is 0 Å². The van der Waals surface area contributed by atoms with Crippen LogP contribution < -0.4 is 10.6 Å². The topological polar surface area (TPSA) is 59.9 Å². The van der Waals surface area contributed by atoms with E-state index in [4.69, 9.17) is 4.74 Å². The normalized spacial score (nSPS) is 17.2. The summed E-state index contributed by atoms with van der Waals surface area (Å²) in [4.78, 5) is 12.3. The zero-order valence-corrected chi connectivity index (χ0v) is 15.2. The van der Waals surface area contributed by atoms with E-state index in [0.717, 1.165) is 38.2 Å². The van der Waals surface area contributed by atoms with Crippen LogP contribution in [0, 0.1) is 0 Å². The van der Waals surface area contributed by atoms with Crippen LogP contribution in [0.3, 0.4) is 0 Å². The second-order valence-electron chi connectivity index (χ2n) is 6.91. The van der Waals surface area contributed by atoms with Gasteiger partial charge in [-0.15, -0.1) is 0 Å². The summed E-state index contributed by atoms with van der Waals surface area (Å²) in [5.41, 5.74) is 3.29. The molecule has 1 amide bonds. The number of hydrogen-bond donors (Lipinski definition) is 2. The predicted octanol–water partition coefficient (Wildman–Crippen LogP) is 2.50. The lowest BCUT2D eigenvalue weighted by Gasteiger charge is -2.09. The highest BCUT2D eigenvalue weighted by atomic mass is 16.5. The third-order valence-corrected chi connectivity index (χ3v) is 5.16. The van der Waals surface area contributed by atoms with Crippen molar-refractivity contribution in [2.24, 2.45) is 0 Å². The van der Waals surface area contributed by atoms with Crippen molar-refractivity contribution in [2.45, 2.75) is 32.4 Å². The van der Waals surface area contributed by atoms with Crippen LogP contribution in [0.25, 0.3) is 21.8 Å². The van der Waals surface area contributed by atoms with Crippen molar-refractivity contribution in [1.29, 1.82) is 0 Å². The Balaban J connectivity index is 1.48. The van der Waals surface area contributed by atoms with Crippen molar-refractivity contribution in [1.82, 2.24) is 4.57 Å². The Morgan fingerprint density at radius 1 is 1.23 bits per heavy atom. The number of carbonyl (C=O) groups is 1. The Hall–Kier alpha value is -2.37. The van der Waals surface area contributed by atoms with Gasteiger partial charge in [0.2, 0.25) is 0 Å². The van der Waals surface area contributed by atoms with Gasteiger partial charge in [0.1, 0.15) is 12.6 Å². The number of aryl methyl sites for hydroxylation is 1. The highest BCUT2D eigenvalue weighted by molar-refractivity contribution is 6.09. The molecule has 0 radical (unpaired) electrons. The van der Waals surface area contributed by atoms with Crippen molar-refractivity contribution < 1.29 is 14.8 Å². The highest BCUT2D eigenvalue weighted by Gasteiger charge is 2.17. The molecule has 0 saturated carbocycles. The molecule has 1 saturated heterocycles. The number of rotatable bonds is 6. The zero-order chi connectivity index (χ0) is 17.9. The van der Waals surface area contributed by atoms with Crippen LogP contribution in [-0.4, -0.2) is 36.3 Å². The van der Waals surface area contributed by atoms with Crippen molar-refractivity contribution in [2.75, 3.05) is 25.0 Å². The number of fused-ring (bicyclic) bond motifs is 3. The molecule has 1 aliphatic rings. The van der Waals surface area contributed by atoms with Crippen LogP contribution in [-0.2, 0) is 16.1 Å². The number of benzene rings is 2. The van der Waals surface area contributed by atoms with Gasteiger partial charge in [-0.25, -0.2) is 0 Å². The van der Waals surface area contributed by atoms with Gasteiger partial charge < -0.3 is 19.9 Å². The Kier molecular flexibility index (Phi) is 4.91. The molecule has 0 bridgehead atoms. The van der Waals surface area contributed by atoms with Crippen LogP contribution in [0.5, 0.6) is 0 Å². The molecule has 0 aliphatic carbocycles. The molecule has 0 unspecified atom stereocenters. The highest BCUT2D eigenvalue weighted by Crippen LogP contribution is 2.30. The minimum Gasteiger partial charge on any atom is -0.372 e. The molecule has 4 rings (SSSR count). The van der Waals surface area contributed by atoms with Crippen molar-refractivity contribution in [3.05, 3.63) is 42.5 Å². The quantitative estimate of drug-likeness (QED) is 0.716. The summed E-state index contributed by atoms with van der Waals surface area (Å²) >= 11 is 0. The Labute approximate surface area is 153 Å². The van der Waals surface area contributed by atoms with Gasteiger partial charge in [-0.1, -0.05) is 18.2 Å². The molecule has 1 atom stereocenters. The number of aromatic nitrogens is 1. The van der Waals surface area contributed by atoms with E-state index in [1.807, 2.05) is 11.4 Å². The fourth-order valence-corrected chi connectivity index (χ4v) is 3.91. The van der Waals surface area contributed by atoms with Gasteiger partial charge in [-0.3, -0.25) is 4.79 Å². The third-order valence-electron chi connectivity index (χ3n) is 5.16. The average molecular weight is 352 g/mol. The molecule has 3 aromatic rings. The van der Waals surface area contributed by atoms with Gasteiger partial charge in [0, 0.05) is 40.6 Å². The van der Waals surface area contributed by atoms with Gasteiger partial charge in [-0.2, -0.15) is 0 Å². The summed E-state index contributed by atoms with van der Waals surface area (Å²) in [6.07, 6.45) is 2.55. The second kappa shape index (κ2) is 7.48. The number of nitrogens with zero attached hydrogens (tertiary/aromatic N) is 1. The number of nitrogens with two attached hydrogens (primary N) is 1. The van der Waals surface area contributed by atoms with Crippen molar-refractivity contribution in [3.63, 3.8) is 0 Å². The maximum absolute atomic E-state index is 12.3. The Morgan fingerprint density at radius 2 is 2.08 bits per heavy atom. The molecule has 1 aromatic heterocycles. The van der Waals surface area contributed by atoms with Crippen molar-refractivity contribution >= 4 is 33.4 Å². The fraction of sp³-hybridized carbons (Fsp3) is 0.381. The van der Waals surface area contributed by atoms with E-state index in [2.05, 4.69) is 53.2 Å². The molecular formula is C21H26N3O2+. The summed E-state index contributed by atoms with van der Waals surface area (Å²) in [6.45, 7) is 5.22. The lowest BCUT2D eigenvalue weighted by atomic mass is 10.1. The smallest absolute Gasteiger partial charge is 0.279 e. The van der Waals surface area contributed by atoms with E-state index in [0.29, 0.717) is 12.6 Å². The molecule has 2 heterocycles. The number of amides is 1. The number of carbonyl (C=O) groups excluding carboxylic acids is 1. The van der Waals surface area contributed by atoms with Gasteiger partial charge in [0.05, 0.1) is 0 Å². The first-order valence-electron chi connectivity index (χ1n) is 9.50. The largest absolute Gasteiger partial charge is 0.372 e. The van der Waals surface area contributed by atoms with Gasteiger partial charge in [0.15, 0.2) is 6.54 Å². The summed E-state index contributed by atoms with van der Waals surface area (Å²) < 4.78 is 7.90. The van der Waals surface area contributed by atoms with E-state index in [1.54, 1.807) is 0 Å². The number of nitrogens with one attached hydrogen (secondary N) is 1. The summed E-state index contributed by atoms with van der Waals surface area (Å²) in [7, 11) is 0. The molecule has 0 spiro atoms. The first kappa shape index (κ1) is 17.1. The van der Waals surface area contributed by atoms with Crippen molar-refractivity contribution in [3.8, 4) is 0 Å². The summed E-state index contributed by atoms with van der Waals surface area (Å²) in [5.74, 6) is 0.0292. The average Bonchev–Trinajstić information content (AvgIpc) is 3.27. The van der Waals surface area contributed by atoms with Crippen LogP contribution in [0.1, 0.15) is 19.8 Å². The lowest BCUT2D eigenvalue weighted by Crippen LogP contribution is -2.88. The van der Waals surface area contributed by atoms with Gasteiger partial charge in [0.25, 0.3) is 5.91 Å². The molecule has 3 N–H and O–H groups in total. The maximum atomic E-state index is 12.3. The molecule has 2 aromatic carbocycles. The SMILES string of the molecule is CCn1c2ccccc2c2cc(NC(=O)C[NH2+]C[C@H]3CCCO3)ccc21. The van der Waals surface area contributed by atoms with Crippen LogP contribution >= 0.6 is 0 Å². The molecule has 5 nitrogen and oxygen atoms in total. The minimum absolute atomic E-state index is 0.0292. The minimum atomic E-state index is 0.0292. The molecule has 5 heteroatoms. The van der Waals surface area contributed by atoms with E-state index in [1.165, 1.54) is 21.8 Å². The third kappa shape index (κ3) is 3.32. The molecular weight excluding hydrogens is 326 g/mol. The lowest BCUT2D eigenvalue weighted by molar-refractivity contribution is -0.649. The monoisotopic (exact) mass is 352 g/mol. The van der Waals surface area contributed by atoms with E-state index in [9.17, 15) is 4.79 Å². The van der Waals surface area contributed by atoms with Crippen LogP contribution in [0.4, 0.5) is 5.69 Å². The predicted molar refractivity (Wildman–Crippen MR) is 104 cm³/mol. The standard InChI is InChI=1S/C21H25N3O2/c1-2-24-19-8-4-3-7-17(19)18-12-15(9-10-20(18)24)23-21(25)14-22-13-16-6-5-11-26-16/h3-4,7-10,12,16,22H,2,5-6,11,13-14H2,1H3,(H,23,25)/p+1/t16-/m1/s1. The number of anilines is 1. The molecule has 136 valence electrons. The van der Waals surface area contributed by atoms with E-state index in [-0.39, 0.29) is 5.91 Å². The number of para-hydroxylation sites is 1. The first-order chi connectivity index (χ1) is 12.8. The second-order valence-corrected chi connectivity index (χ2v) is 6.91.